The molecular formula is C10H13F3OSi. The highest BCUT2D eigenvalue weighted by atomic mass is 28.4. The van der Waals surface area contributed by atoms with Gasteiger partial charge in [0, 0.05) is 0 Å². The molecule has 0 fully saturated rings. The third-order valence-corrected chi connectivity index (χ3v) is 2.43. The number of halogens is 3. The second-order valence-corrected chi connectivity index (χ2v) is 8.67. The predicted molar refractivity (Wildman–Crippen MR) is 55.4 cm³/mol. The molecule has 0 spiro atoms. The van der Waals surface area contributed by atoms with Crippen molar-refractivity contribution < 1.29 is 17.6 Å². The summed E-state index contributed by atoms with van der Waals surface area (Å²) in [6.45, 7) is 5.77. The fraction of sp³-hybridized carbons (Fsp3) is 0.400. The molecule has 0 amide bonds. The minimum Gasteiger partial charge on any atom is -0.544 e. The number of hydrogen-bond donors (Lipinski definition) is 0. The van der Waals surface area contributed by atoms with Crippen molar-refractivity contribution in [3.05, 3.63) is 29.8 Å². The maximum Gasteiger partial charge on any atom is 0.416 e. The molecule has 15 heavy (non-hydrogen) atoms. The molecule has 0 aliphatic heterocycles. The van der Waals surface area contributed by atoms with Crippen molar-refractivity contribution in [3.8, 4) is 5.75 Å². The molecule has 84 valence electrons. The normalized spacial score (nSPS) is 12.7. The van der Waals surface area contributed by atoms with Crippen molar-refractivity contribution in [1.82, 2.24) is 0 Å². The molecule has 0 heterocycles. The molecule has 0 unspecified atom stereocenters. The van der Waals surface area contributed by atoms with Crippen LogP contribution in [0.4, 0.5) is 13.2 Å². The van der Waals surface area contributed by atoms with Gasteiger partial charge in [0.05, 0.1) is 5.56 Å². The van der Waals surface area contributed by atoms with E-state index in [4.69, 9.17) is 4.43 Å². The second-order valence-electron chi connectivity index (χ2n) is 4.24. The van der Waals surface area contributed by atoms with Crippen LogP contribution in [0, 0.1) is 0 Å². The molecule has 0 atom stereocenters. The van der Waals surface area contributed by atoms with E-state index >= 15 is 0 Å². The van der Waals surface area contributed by atoms with E-state index in [9.17, 15) is 13.2 Å². The molecule has 1 nitrogen and oxygen atoms in total. The monoisotopic (exact) mass is 234 g/mol. The van der Waals surface area contributed by atoms with Crippen LogP contribution in [0.5, 0.6) is 5.75 Å². The van der Waals surface area contributed by atoms with E-state index in [0.29, 0.717) is 5.75 Å². The van der Waals surface area contributed by atoms with Gasteiger partial charge in [-0.05, 0) is 37.8 Å². The Hall–Kier alpha value is -0.973. The number of rotatable bonds is 2. The fourth-order valence-electron chi connectivity index (χ4n) is 1.09. The highest BCUT2D eigenvalue weighted by Crippen LogP contribution is 2.31. The Kier molecular flexibility index (Phi) is 3.13. The van der Waals surface area contributed by atoms with Gasteiger partial charge in [-0.3, -0.25) is 0 Å². The van der Waals surface area contributed by atoms with Gasteiger partial charge in [0.1, 0.15) is 5.75 Å². The maximum atomic E-state index is 12.4. The van der Waals surface area contributed by atoms with E-state index in [1.807, 2.05) is 19.6 Å². The Labute approximate surface area is 88.0 Å². The lowest BCUT2D eigenvalue weighted by Crippen LogP contribution is -2.29. The van der Waals surface area contributed by atoms with Gasteiger partial charge in [0.25, 0.3) is 0 Å². The molecule has 1 aromatic rings. The maximum absolute atomic E-state index is 12.4. The van der Waals surface area contributed by atoms with Crippen molar-refractivity contribution in [2.45, 2.75) is 25.8 Å². The first-order chi connectivity index (χ1) is 6.68. The van der Waals surface area contributed by atoms with Crippen LogP contribution in [0.2, 0.25) is 19.6 Å². The van der Waals surface area contributed by atoms with E-state index in [1.54, 1.807) is 6.07 Å². The Morgan fingerprint density at radius 1 is 1.13 bits per heavy atom. The lowest BCUT2D eigenvalue weighted by molar-refractivity contribution is -0.137. The van der Waals surface area contributed by atoms with Crippen LogP contribution in [0.25, 0.3) is 0 Å². The first-order valence-corrected chi connectivity index (χ1v) is 7.95. The average Bonchev–Trinajstić information content (AvgIpc) is 1.99. The van der Waals surface area contributed by atoms with Crippen LogP contribution in [-0.2, 0) is 6.18 Å². The summed E-state index contributed by atoms with van der Waals surface area (Å²) in [5.74, 6) is 0.295. The van der Waals surface area contributed by atoms with E-state index in [1.165, 1.54) is 6.07 Å². The molecule has 1 rings (SSSR count). The van der Waals surface area contributed by atoms with Crippen LogP contribution < -0.4 is 4.43 Å². The summed E-state index contributed by atoms with van der Waals surface area (Å²) in [6.07, 6.45) is -4.31. The van der Waals surface area contributed by atoms with E-state index in [2.05, 4.69) is 0 Å². The average molecular weight is 234 g/mol. The summed E-state index contributed by atoms with van der Waals surface area (Å²) in [7, 11) is -1.85. The second kappa shape index (κ2) is 3.88. The standard InChI is InChI=1S/C10H13F3OSi/c1-15(2,3)14-9-6-4-5-8(7-9)10(11,12)13/h4-7H,1-3H3. The molecule has 0 aromatic heterocycles. The SMILES string of the molecule is C[Si](C)(C)Oc1cccc(C(F)(F)F)c1. The van der Waals surface area contributed by atoms with Gasteiger partial charge >= 0.3 is 6.18 Å². The third-order valence-electron chi connectivity index (χ3n) is 1.59. The molecule has 1 aromatic carbocycles. The van der Waals surface area contributed by atoms with E-state index in [0.717, 1.165) is 12.1 Å². The Bertz CT molecular complexity index is 341. The van der Waals surface area contributed by atoms with E-state index in [-0.39, 0.29) is 0 Å². The molecule has 0 aliphatic rings. The summed E-state index contributed by atoms with van der Waals surface area (Å²) < 4.78 is 42.5. The fourth-order valence-corrected chi connectivity index (χ4v) is 1.92. The molecule has 5 heteroatoms. The van der Waals surface area contributed by atoms with Crippen LogP contribution in [0.15, 0.2) is 24.3 Å². The summed E-state index contributed by atoms with van der Waals surface area (Å²) in [6, 6.07) is 4.99. The van der Waals surface area contributed by atoms with Gasteiger partial charge in [-0.2, -0.15) is 13.2 Å². The minimum atomic E-state index is -4.31. The Balaban J connectivity index is 2.94. The van der Waals surface area contributed by atoms with Gasteiger partial charge in [0.15, 0.2) is 0 Å². The zero-order valence-electron chi connectivity index (χ0n) is 8.85. The molecular weight excluding hydrogens is 221 g/mol. The van der Waals surface area contributed by atoms with Gasteiger partial charge in [-0.25, -0.2) is 0 Å². The number of alkyl halides is 3. The molecule has 0 bridgehead atoms. The van der Waals surface area contributed by atoms with Crippen molar-refractivity contribution in [1.29, 1.82) is 0 Å². The third kappa shape index (κ3) is 3.95. The largest absolute Gasteiger partial charge is 0.544 e. The quantitative estimate of drug-likeness (QED) is 0.705. The van der Waals surface area contributed by atoms with Crippen molar-refractivity contribution in [3.63, 3.8) is 0 Å². The van der Waals surface area contributed by atoms with Crippen LogP contribution in [0.1, 0.15) is 5.56 Å². The number of benzene rings is 1. The van der Waals surface area contributed by atoms with Gasteiger partial charge < -0.3 is 4.43 Å². The lowest BCUT2D eigenvalue weighted by atomic mass is 10.2. The van der Waals surface area contributed by atoms with Crippen LogP contribution in [-0.4, -0.2) is 8.32 Å². The van der Waals surface area contributed by atoms with Gasteiger partial charge in [-0.15, -0.1) is 0 Å². The molecule has 0 saturated heterocycles. The zero-order valence-corrected chi connectivity index (χ0v) is 9.85. The lowest BCUT2D eigenvalue weighted by Gasteiger charge is -2.19. The topological polar surface area (TPSA) is 9.23 Å². The molecule has 0 aliphatic carbocycles. The van der Waals surface area contributed by atoms with Crippen LogP contribution >= 0.6 is 0 Å². The highest BCUT2D eigenvalue weighted by molar-refractivity contribution is 6.70. The highest BCUT2D eigenvalue weighted by Gasteiger charge is 2.31. The predicted octanol–water partition coefficient (Wildman–Crippen LogP) is 3.92. The summed E-state index contributed by atoms with van der Waals surface area (Å²) in [5.41, 5.74) is -0.668. The number of hydrogen-bond acceptors (Lipinski definition) is 1. The summed E-state index contributed by atoms with van der Waals surface area (Å²) in [5, 5.41) is 0. The zero-order chi connectivity index (χ0) is 11.7. The van der Waals surface area contributed by atoms with Crippen molar-refractivity contribution in [2.75, 3.05) is 0 Å². The first-order valence-electron chi connectivity index (χ1n) is 4.55. The van der Waals surface area contributed by atoms with Gasteiger partial charge in [0.2, 0.25) is 8.32 Å². The minimum absolute atomic E-state index is 0.295. The Morgan fingerprint density at radius 2 is 1.73 bits per heavy atom. The van der Waals surface area contributed by atoms with Crippen LogP contribution in [0.3, 0.4) is 0 Å². The van der Waals surface area contributed by atoms with Crippen molar-refractivity contribution >= 4 is 8.32 Å². The molecule has 0 N–H and O–H groups in total. The van der Waals surface area contributed by atoms with Crippen molar-refractivity contribution in [2.24, 2.45) is 0 Å². The first kappa shape index (κ1) is 12.1. The molecule has 0 radical (unpaired) electrons. The van der Waals surface area contributed by atoms with E-state index < -0.39 is 20.1 Å². The Morgan fingerprint density at radius 3 is 2.20 bits per heavy atom. The summed E-state index contributed by atoms with van der Waals surface area (Å²) in [4.78, 5) is 0. The smallest absolute Gasteiger partial charge is 0.416 e. The summed E-state index contributed by atoms with van der Waals surface area (Å²) >= 11 is 0. The van der Waals surface area contributed by atoms with Gasteiger partial charge in [-0.1, -0.05) is 6.07 Å². The molecule has 0 saturated carbocycles.